The van der Waals surface area contributed by atoms with Gasteiger partial charge in [0.1, 0.15) is 18.2 Å². The summed E-state index contributed by atoms with van der Waals surface area (Å²) in [5, 5.41) is 0. The van der Waals surface area contributed by atoms with Crippen molar-refractivity contribution in [3.63, 3.8) is 0 Å². The molecule has 0 aliphatic heterocycles. The molecule has 1 aromatic rings. The van der Waals surface area contributed by atoms with Crippen molar-refractivity contribution >= 4 is 5.97 Å². The van der Waals surface area contributed by atoms with E-state index in [1.54, 1.807) is 19.1 Å². The van der Waals surface area contributed by atoms with Gasteiger partial charge in [0, 0.05) is 13.1 Å². The number of carbonyl (C=O) groups is 1. The zero-order valence-electron chi connectivity index (χ0n) is 11.4. The van der Waals surface area contributed by atoms with Crippen LogP contribution in [-0.4, -0.2) is 44.2 Å². The van der Waals surface area contributed by atoms with Gasteiger partial charge < -0.3 is 14.4 Å². The summed E-state index contributed by atoms with van der Waals surface area (Å²) in [4.78, 5) is 13.1. The van der Waals surface area contributed by atoms with Gasteiger partial charge in [0.15, 0.2) is 0 Å². The van der Waals surface area contributed by atoms with Crippen LogP contribution in [0.1, 0.15) is 13.3 Å². The number of carbonyl (C=O) groups excluding carboxylic acids is 1. The van der Waals surface area contributed by atoms with Gasteiger partial charge in [0.25, 0.3) is 0 Å². The van der Waals surface area contributed by atoms with Crippen LogP contribution >= 0.6 is 0 Å². The minimum Gasteiger partial charge on any atom is -0.492 e. The standard InChI is InChI=1S/C14H20FNO3/c1-3-18-14(17)8-9-16(2)10-11-19-13-6-4-12(15)5-7-13/h4-7H,3,8-11H2,1-2H3. The maximum Gasteiger partial charge on any atom is 0.307 e. The van der Waals surface area contributed by atoms with Crippen LogP contribution in [0.5, 0.6) is 5.75 Å². The first-order valence-corrected chi connectivity index (χ1v) is 6.34. The second kappa shape index (κ2) is 8.48. The van der Waals surface area contributed by atoms with Crippen LogP contribution in [0.15, 0.2) is 24.3 Å². The lowest BCUT2D eigenvalue weighted by Crippen LogP contribution is -2.27. The van der Waals surface area contributed by atoms with E-state index < -0.39 is 0 Å². The highest BCUT2D eigenvalue weighted by molar-refractivity contribution is 5.69. The first kappa shape index (κ1) is 15.4. The van der Waals surface area contributed by atoms with Crippen LogP contribution in [0, 0.1) is 5.82 Å². The van der Waals surface area contributed by atoms with Gasteiger partial charge in [0.05, 0.1) is 13.0 Å². The van der Waals surface area contributed by atoms with Crippen LogP contribution in [0.2, 0.25) is 0 Å². The summed E-state index contributed by atoms with van der Waals surface area (Å²) < 4.78 is 23.0. The topological polar surface area (TPSA) is 38.8 Å². The molecular formula is C14H20FNO3. The number of benzene rings is 1. The molecule has 0 unspecified atom stereocenters. The molecule has 0 saturated heterocycles. The zero-order valence-corrected chi connectivity index (χ0v) is 11.4. The summed E-state index contributed by atoms with van der Waals surface area (Å²) in [5.74, 6) is 0.174. The number of likely N-dealkylation sites (N-methyl/N-ethyl adjacent to an activating group) is 1. The minimum absolute atomic E-state index is 0.186. The van der Waals surface area contributed by atoms with Crippen LogP contribution in [0.3, 0.4) is 0 Å². The third kappa shape index (κ3) is 6.76. The Morgan fingerprint density at radius 1 is 1.26 bits per heavy atom. The minimum atomic E-state index is -0.279. The van der Waals surface area contributed by atoms with Crippen molar-refractivity contribution in [3.05, 3.63) is 30.1 Å². The number of ether oxygens (including phenoxy) is 2. The summed E-state index contributed by atoms with van der Waals surface area (Å²) in [7, 11) is 1.91. The molecule has 0 aromatic heterocycles. The van der Waals surface area contributed by atoms with E-state index in [0.29, 0.717) is 38.5 Å². The molecule has 0 amide bonds. The van der Waals surface area contributed by atoms with E-state index in [2.05, 4.69) is 0 Å². The smallest absolute Gasteiger partial charge is 0.307 e. The van der Waals surface area contributed by atoms with Crippen molar-refractivity contribution in [2.24, 2.45) is 0 Å². The summed E-state index contributed by atoms with van der Waals surface area (Å²) in [5.41, 5.74) is 0. The molecular weight excluding hydrogens is 249 g/mol. The molecule has 0 atom stereocenters. The van der Waals surface area contributed by atoms with Crippen LogP contribution in [-0.2, 0) is 9.53 Å². The molecule has 0 heterocycles. The maximum atomic E-state index is 12.7. The predicted molar refractivity (Wildman–Crippen MR) is 70.6 cm³/mol. The number of nitrogens with zero attached hydrogens (tertiary/aromatic N) is 1. The summed E-state index contributed by atoms with van der Waals surface area (Å²) >= 11 is 0. The fourth-order valence-electron chi connectivity index (χ4n) is 1.48. The number of hydrogen-bond acceptors (Lipinski definition) is 4. The van der Waals surface area contributed by atoms with Gasteiger partial charge in [-0.3, -0.25) is 4.79 Å². The first-order valence-electron chi connectivity index (χ1n) is 6.34. The molecule has 0 saturated carbocycles. The quantitative estimate of drug-likeness (QED) is 0.677. The lowest BCUT2D eigenvalue weighted by Gasteiger charge is -2.16. The molecule has 5 heteroatoms. The molecule has 1 rings (SSSR count). The fourth-order valence-corrected chi connectivity index (χ4v) is 1.48. The lowest BCUT2D eigenvalue weighted by molar-refractivity contribution is -0.143. The molecule has 4 nitrogen and oxygen atoms in total. The molecule has 0 fully saturated rings. The van der Waals surface area contributed by atoms with E-state index in [1.165, 1.54) is 12.1 Å². The Morgan fingerprint density at radius 3 is 2.58 bits per heavy atom. The lowest BCUT2D eigenvalue weighted by atomic mass is 10.3. The second-order valence-electron chi connectivity index (χ2n) is 4.16. The molecule has 0 aliphatic carbocycles. The monoisotopic (exact) mass is 269 g/mol. The number of rotatable bonds is 8. The Morgan fingerprint density at radius 2 is 1.95 bits per heavy atom. The SMILES string of the molecule is CCOC(=O)CCN(C)CCOc1ccc(F)cc1. The zero-order chi connectivity index (χ0) is 14.1. The van der Waals surface area contributed by atoms with Crippen LogP contribution < -0.4 is 4.74 Å². The highest BCUT2D eigenvalue weighted by Gasteiger charge is 2.05. The van der Waals surface area contributed by atoms with E-state index in [0.717, 1.165) is 0 Å². The average molecular weight is 269 g/mol. The predicted octanol–water partition coefficient (Wildman–Crippen LogP) is 2.09. The first-order chi connectivity index (χ1) is 9.11. The van der Waals surface area contributed by atoms with Gasteiger partial charge in [-0.05, 0) is 38.2 Å². The molecule has 1 aromatic carbocycles. The van der Waals surface area contributed by atoms with Gasteiger partial charge in [-0.1, -0.05) is 0 Å². The number of esters is 1. The van der Waals surface area contributed by atoms with Gasteiger partial charge in [-0.2, -0.15) is 0 Å². The van der Waals surface area contributed by atoms with Crippen molar-refractivity contribution < 1.29 is 18.7 Å². The highest BCUT2D eigenvalue weighted by Crippen LogP contribution is 2.10. The van der Waals surface area contributed by atoms with Crippen molar-refractivity contribution in [2.75, 3.05) is 33.4 Å². The summed E-state index contributed by atoms with van der Waals surface area (Å²) in [6.45, 7) is 4.02. The molecule has 0 radical (unpaired) electrons. The van der Waals surface area contributed by atoms with Crippen LogP contribution in [0.4, 0.5) is 4.39 Å². The Hall–Kier alpha value is -1.62. The van der Waals surface area contributed by atoms with E-state index in [9.17, 15) is 9.18 Å². The van der Waals surface area contributed by atoms with E-state index in [4.69, 9.17) is 9.47 Å². The van der Waals surface area contributed by atoms with Gasteiger partial charge in [0.2, 0.25) is 0 Å². The average Bonchev–Trinajstić information content (AvgIpc) is 2.39. The summed E-state index contributed by atoms with van der Waals surface area (Å²) in [6.07, 6.45) is 0.376. The van der Waals surface area contributed by atoms with Crippen LogP contribution in [0.25, 0.3) is 0 Å². The van der Waals surface area contributed by atoms with Gasteiger partial charge in [-0.15, -0.1) is 0 Å². The Kier molecular flexibility index (Phi) is 6.89. The van der Waals surface area contributed by atoms with Crippen molar-refractivity contribution in [1.29, 1.82) is 0 Å². The Balaban J connectivity index is 2.14. The molecule has 0 spiro atoms. The number of hydrogen-bond donors (Lipinski definition) is 0. The third-order valence-corrected chi connectivity index (χ3v) is 2.56. The Labute approximate surface area is 113 Å². The molecule has 19 heavy (non-hydrogen) atoms. The van der Waals surface area contributed by atoms with Crippen molar-refractivity contribution in [2.45, 2.75) is 13.3 Å². The molecule has 0 bridgehead atoms. The summed E-state index contributed by atoms with van der Waals surface area (Å²) in [6, 6.07) is 5.90. The number of halogens is 1. The van der Waals surface area contributed by atoms with E-state index in [-0.39, 0.29) is 11.8 Å². The van der Waals surface area contributed by atoms with E-state index in [1.807, 2.05) is 11.9 Å². The van der Waals surface area contributed by atoms with Crippen molar-refractivity contribution in [1.82, 2.24) is 4.90 Å². The molecule has 106 valence electrons. The molecule has 0 aliphatic rings. The third-order valence-electron chi connectivity index (χ3n) is 2.56. The van der Waals surface area contributed by atoms with E-state index >= 15 is 0 Å². The molecule has 0 N–H and O–H groups in total. The fraction of sp³-hybridized carbons (Fsp3) is 0.500. The van der Waals surface area contributed by atoms with Gasteiger partial charge in [-0.25, -0.2) is 4.39 Å². The maximum absolute atomic E-state index is 12.7. The van der Waals surface area contributed by atoms with Gasteiger partial charge >= 0.3 is 5.97 Å². The van der Waals surface area contributed by atoms with Crippen molar-refractivity contribution in [3.8, 4) is 5.75 Å². The Bertz CT molecular complexity index is 381. The second-order valence-corrected chi connectivity index (χ2v) is 4.16. The largest absolute Gasteiger partial charge is 0.492 e. The highest BCUT2D eigenvalue weighted by atomic mass is 19.1. The normalized spacial score (nSPS) is 10.5.